The van der Waals surface area contributed by atoms with Crippen molar-refractivity contribution in [3.63, 3.8) is 0 Å². The molecule has 0 aliphatic rings. The minimum atomic E-state index is -0.474. The Balaban J connectivity index is 2.72. The van der Waals surface area contributed by atoms with E-state index in [1.807, 2.05) is 13.8 Å². The van der Waals surface area contributed by atoms with Gasteiger partial charge in [-0.25, -0.2) is 0 Å². The molecule has 1 aromatic rings. The van der Waals surface area contributed by atoms with E-state index in [9.17, 15) is 4.79 Å². The average molecular weight is 256 g/mol. The molecule has 1 rings (SSSR count). The van der Waals surface area contributed by atoms with Gasteiger partial charge >= 0.3 is 5.97 Å². The van der Waals surface area contributed by atoms with Gasteiger partial charge in [-0.15, -0.1) is 0 Å². The molecule has 0 aromatic carbocycles. The quantitative estimate of drug-likeness (QED) is 0.663. The second-order valence-electron chi connectivity index (χ2n) is 3.78. The Morgan fingerprint density at radius 3 is 2.72 bits per heavy atom. The second kappa shape index (κ2) is 7.81. The number of esters is 1. The van der Waals surface area contributed by atoms with Crippen LogP contribution in [0.3, 0.4) is 0 Å². The van der Waals surface area contributed by atoms with E-state index in [0.29, 0.717) is 38.0 Å². The maximum Gasteiger partial charge on any atom is 0.318 e. The second-order valence-corrected chi connectivity index (χ2v) is 3.78. The standard InChI is InChI=1S/C12H20N2O4/c1-4-7-9(12(15)17-6-3)11-13-10(14-18-11)8-16-5-2/h9H,4-8H2,1-3H3. The summed E-state index contributed by atoms with van der Waals surface area (Å²) in [5.41, 5.74) is 0. The molecule has 0 bridgehead atoms. The molecule has 6 nitrogen and oxygen atoms in total. The number of carbonyl (C=O) groups is 1. The maximum absolute atomic E-state index is 11.8. The van der Waals surface area contributed by atoms with Gasteiger partial charge < -0.3 is 14.0 Å². The van der Waals surface area contributed by atoms with E-state index in [1.165, 1.54) is 0 Å². The van der Waals surface area contributed by atoms with Crippen LogP contribution in [0.5, 0.6) is 0 Å². The molecule has 0 spiro atoms. The Morgan fingerprint density at radius 1 is 1.33 bits per heavy atom. The lowest BCUT2D eigenvalue weighted by molar-refractivity contribution is -0.145. The zero-order valence-electron chi connectivity index (χ0n) is 11.1. The number of hydrogen-bond donors (Lipinski definition) is 0. The summed E-state index contributed by atoms with van der Waals surface area (Å²) in [6.07, 6.45) is 1.47. The third kappa shape index (κ3) is 4.10. The van der Waals surface area contributed by atoms with E-state index in [0.717, 1.165) is 6.42 Å². The normalized spacial score (nSPS) is 12.4. The van der Waals surface area contributed by atoms with E-state index < -0.39 is 5.92 Å². The van der Waals surface area contributed by atoms with Crippen LogP contribution in [-0.4, -0.2) is 29.3 Å². The molecular weight excluding hydrogens is 236 g/mol. The van der Waals surface area contributed by atoms with Crippen LogP contribution >= 0.6 is 0 Å². The molecule has 1 heterocycles. The number of rotatable bonds is 8. The largest absolute Gasteiger partial charge is 0.465 e. The third-order valence-corrected chi connectivity index (χ3v) is 2.37. The topological polar surface area (TPSA) is 74.5 Å². The van der Waals surface area contributed by atoms with Gasteiger partial charge in [0.1, 0.15) is 12.5 Å². The molecule has 18 heavy (non-hydrogen) atoms. The van der Waals surface area contributed by atoms with Crippen molar-refractivity contribution in [2.45, 2.75) is 46.1 Å². The highest BCUT2D eigenvalue weighted by atomic mass is 16.5. The van der Waals surface area contributed by atoms with E-state index >= 15 is 0 Å². The van der Waals surface area contributed by atoms with Crippen LogP contribution in [0.1, 0.15) is 51.2 Å². The summed E-state index contributed by atoms with van der Waals surface area (Å²) in [5.74, 6) is -0.0222. The minimum absolute atomic E-state index is 0.293. The first-order chi connectivity index (χ1) is 8.72. The van der Waals surface area contributed by atoms with E-state index in [4.69, 9.17) is 14.0 Å². The molecule has 0 radical (unpaired) electrons. The Labute approximate surface area is 107 Å². The first-order valence-electron chi connectivity index (χ1n) is 6.29. The lowest BCUT2D eigenvalue weighted by Gasteiger charge is -2.09. The number of nitrogens with zero attached hydrogens (tertiary/aromatic N) is 2. The number of aromatic nitrogens is 2. The first-order valence-corrected chi connectivity index (χ1v) is 6.29. The molecule has 0 aliphatic carbocycles. The fourth-order valence-electron chi connectivity index (χ4n) is 1.53. The van der Waals surface area contributed by atoms with E-state index in [1.54, 1.807) is 6.92 Å². The van der Waals surface area contributed by atoms with Crippen molar-refractivity contribution in [2.75, 3.05) is 13.2 Å². The summed E-state index contributed by atoms with van der Waals surface area (Å²) in [7, 11) is 0. The van der Waals surface area contributed by atoms with Gasteiger partial charge in [0.05, 0.1) is 6.61 Å². The van der Waals surface area contributed by atoms with Crippen LogP contribution in [0.15, 0.2) is 4.52 Å². The summed E-state index contributed by atoms with van der Waals surface area (Å²) in [6.45, 7) is 6.87. The summed E-state index contributed by atoms with van der Waals surface area (Å²) in [4.78, 5) is 15.9. The Kier molecular flexibility index (Phi) is 6.35. The molecule has 0 amide bonds. The minimum Gasteiger partial charge on any atom is -0.465 e. The lowest BCUT2D eigenvalue weighted by atomic mass is 10.0. The van der Waals surface area contributed by atoms with Crippen LogP contribution < -0.4 is 0 Å². The van der Waals surface area contributed by atoms with Gasteiger partial charge in [-0.3, -0.25) is 4.79 Å². The number of carbonyl (C=O) groups excluding carboxylic acids is 1. The molecule has 1 atom stereocenters. The van der Waals surface area contributed by atoms with Crippen molar-refractivity contribution in [3.05, 3.63) is 11.7 Å². The summed E-state index contributed by atoms with van der Waals surface area (Å²) in [5, 5.41) is 3.78. The van der Waals surface area contributed by atoms with Gasteiger partial charge in [-0.05, 0) is 20.3 Å². The average Bonchev–Trinajstić information content (AvgIpc) is 2.82. The molecule has 1 aromatic heterocycles. The number of hydrogen-bond acceptors (Lipinski definition) is 6. The predicted octanol–water partition coefficient (Wildman–Crippen LogP) is 2.05. The SMILES string of the molecule is CCCC(C(=O)OCC)c1nc(COCC)no1. The molecule has 0 saturated heterocycles. The summed E-state index contributed by atoms with van der Waals surface area (Å²) >= 11 is 0. The number of ether oxygens (including phenoxy) is 2. The Morgan fingerprint density at radius 2 is 2.11 bits per heavy atom. The monoisotopic (exact) mass is 256 g/mol. The van der Waals surface area contributed by atoms with E-state index in [2.05, 4.69) is 10.1 Å². The Hall–Kier alpha value is -1.43. The van der Waals surface area contributed by atoms with Crippen LogP contribution in [0.2, 0.25) is 0 Å². The van der Waals surface area contributed by atoms with Crippen molar-refractivity contribution in [1.82, 2.24) is 10.1 Å². The fraction of sp³-hybridized carbons (Fsp3) is 0.750. The van der Waals surface area contributed by atoms with Gasteiger partial charge in [-0.1, -0.05) is 18.5 Å². The van der Waals surface area contributed by atoms with Crippen LogP contribution in [0, 0.1) is 0 Å². The van der Waals surface area contributed by atoms with E-state index in [-0.39, 0.29) is 5.97 Å². The van der Waals surface area contributed by atoms with Crippen molar-refractivity contribution < 1.29 is 18.8 Å². The zero-order valence-corrected chi connectivity index (χ0v) is 11.1. The molecule has 0 aliphatic heterocycles. The van der Waals surface area contributed by atoms with Crippen molar-refractivity contribution in [1.29, 1.82) is 0 Å². The fourth-order valence-corrected chi connectivity index (χ4v) is 1.53. The third-order valence-electron chi connectivity index (χ3n) is 2.37. The molecule has 0 saturated carbocycles. The zero-order chi connectivity index (χ0) is 13.4. The molecule has 102 valence electrons. The van der Waals surface area contributed by atoms with Crippen LogP contribution in [-0.2, 0) is 20.9 Å². The van der Waals surface area contributed by atoms with Gasteiger partial charge in [0.2, 0.25) is 5.89 Å². The summed E-state index contributed by atoms with van der Waals surface area (Å²) < 4.78 is 15.3. The Bertz CT molecular complexity index is 365. The molecular formula is C12H20N2O4. The van der Waals surface area contributed by atoms with Gasteiger partial charge in [0.15, 0.2) is 5.82 Å². The van der Waals surface area contributed by atoms with Crippen molar-refractivity contribution >= 4 is 5.97 Å². The van der Waals surface area contributed by atoms with Crippen molar-refractivity contribution in [3.8, 4) is 0 Å². The van der Waals surface area contributed by atoms with Gasteiger partial charge in [0.25, 0.3) is 0 Å². The van der Waals surface area contributed by atoms with Crippen LogP contribution in [0.25, 0.3) is 0 Å². The highest BCUT2D eigenvalue weighted by molar-refractivity contribution is 5.76. The van der Waals surface area contributed by atoms with Gasteiger partial charge in [-0.2, -0.15) is 4.98 Å². The molecule has 0 fully saturated rings. The van der Waals surface area contributed by atoms with Crippen molar-refractivity contribution in [2.24, 2.45) is 0 Å². The van der Waals surface area contributed by atoms with Crippen LogP contribution in [0.4, 0.5) is 0 Å². The highest BCUT2D eigenvalue weighted by Crippen LogP contribution is 2.21. The first kappa shape index (κ1) is 14.6. The maximum atomic E-state index is 11.8. The smallest absolute Gasteiger partial charge is 0.318 e. The lowest BCUT2D eigenvalue weighted by Crippen LogP contribution is -2.16. The summed E-state index contributed by atoms with van der Waals surface area (Å²) in [6, 6.07) is 0. The van der Waals surface area contributed by atoms with Gasteiger partial charge in [0, 0.05) is 6.61 Å². The molecule has 6 heteroatoms. The predicted molar refractivity (Wildman–Crippen MR) is 63.9 cm³/mol. The highest BCUT2D eigenvalue weighted by Gasteiger charge is 2.27. The molecule has 1 unspecified atom stereocenters. The molecule has 0 N–H and O–H groups in total.